The van der Waals surface area contributed by atoms with Crippen molar-refractivity contribution in [3.8, 4) is 0 Å². The van der Waals surface area contributed by atoms with Crippen molar-refractivity contribution in [1.29, 1.82) is 0 Å². The van der Waals surface area contributed by atoms with Gasteiger partial charge in [-0.2, -0.15) is 13.2 Å². The van der Waals surface area contributed by atoms with Gasteiger partial charge in [0.2, 0.25) is 5.91 Å². The lowest BCUT2D eigenvalue weighted by Crippen LogP contribution is -2.74. The van der Waals surface area contributed by atoms with Crippen LogP contribution in [-0.4, -0.2) is 43.2 Å². The maximum Gasteiger partial charge on any atom is 0.434 e. The van der Waals surface area contributed by atoms with E-state index < -0.39 is 11.9 Å². The van der Waals surface area contributed by atoms with Crippen LogP contribution in [0.2, 0.25) is 0 Å². The number of rotatable bonds is 5. The van der Waals surface area contributed by atoms with E-state index in [1.54, 1.807) is 7.11 Å². The summed E-state index contributed by atoms with van der Waals surface area (Å²) in [5.74, 6) is 0.178. The molecule has 3 atom stereocenters. The molecule has 2 heterocycles. The Morgan fingerprint density at radius 1 is 1.50 bits per heavy atom. The molecule has 1 aromatic rings. The number of fused-ring (bicyclic) bond motifs is 1. The normalized spacial score (nSPS) is 27.6. The maximum atomic E-state index is 12.9. The second-order valence-corrected chi connectivity index (χ2v) is 8.40. The van der Waals surface area contributed by atoms with E-state index in [0.717, 1.165) is 29.6 Å². The van der Waals surface area contributed by atoms with Gasteiger partial charge in [0, 0.05) is 48.9 Å². The quantitative estimate of drug-likeness (QED) is 0.837. The zero-order valence-corrected chi connectivity index (χ0v) is 15.9. The number of halogens is 3. The molecular weight excluding hydrogens is 367 g/mol. The van der Waals surface area contributed by atoms with Crippen LogP contribution < -0.4 is 10.2 Å². The molecule has 0 spiro atoms. The van der Waals surface area contributed by atoms with Crippen molar-refractivity contribution in [3.63, 3.8) is 0 Å². The number of carbonyl (C=O) groups excluding carboxylic acids is 1. The Morgan fingerprint density at radius 3 is 2.85 bits per heavy atom. The number of aromatic nitrogens is 1. The summed E-state index contributed by atoms with van der Waals surface area (Å²) in [5.41, 5.74) is -1.07. The average molecular weight is 391 g/mol. The highest BCUT2D eigenvalue weighted by molar-refractivity contribution is 7.13. The van der Waals surface area contributed by atoms with E-state index in [9.17, 15) is 18.0 Å². The minimum atomic E-state index is -4.42. The highest BCUT2D eigenvalue weighted by atomic mass is 32.1. The molecule has 1 aromatic heterocycles. The van der Waals surface area contributed by atoms with Crippen LogP contribution in [0.1, 0.15) is 38.8 Å². The fourth-order valence-electron chi connectivity index (χ4n) is 4.42. The number of nitrogens with one attached hydrogen (secondary N) is 1. The van der Waals surface area contributed by atoms with Gasteiger partial charge in [-0.1, -0.05) is 13.8 Å². The molecule has 3 rings (SSSR count). The standard InChI is InChI=1S/C17H24F3N3O2S/c1-16(2)13(22-12(24)6-8-25-3)10-5-4-7-23(14(10)16)15-21-11(9-26-15)17(18,19)20/h9-10,13-14H,4-8H2,1-3H3,(H,22,24). The Balaban J connectivity index is 1.74. The Kier molecular flexibility index (Phi) is 5.22. The zero-order valence-electron chi connectivity index (χ0n) is 15.1. The van der Waals surface area contributed by atoms with Gasteiger partial charge in [0.05, 0.1) is 6.61 Å². The number of hydrogen-bond donors (Lipinski definition) is 1. The van der Waals surface area contributed by atoms with Crippen LogP contribution in [0.25, 0.3) is 0 Å². The fraction of sp³-hybridized carbons (Fsp3) is 0.765. The number of carbonyl (C=O) groups is 1. The van der Waals surface area contributed by atoms with E-state index in [-0.39, 0.29) is 29.3 Å². The number of piperidine rings is 1. The molecule has 0 aromatic carbocycles. The van der Waals surface area contributed by atoms with Crippen LogP contribution in [-0.2, 0) is 15.7 Å². The first-order valence-corrected chi connectivity index (χ1v) is 9.62. The Hall–Kier alpha value is -1.35. The molecule has 0 radical (unpaired) electrons. The molecule has 1 aliphatic heterocycles. The van der Waals surface area contributed by atoms with Gasteiger partial charge in [-0.3, -0.25) is 4.79 Å². The van der Waals surface area contributed by atoms with Crippen molar-refractivity contribution in [3.05, 3.63) is 11.1 Å². The smallest absolute Gasteiger partial charge is 0.384 e. The van der Waals surface area contributed by atoms with Crippen molar-refractivity contribution in [2.75, 3.05) is 25.2 Å². The largest absolute Gasteiger partial charge is 0.434 e. The van der Waals surface area contributed by atoms with E-state index in [1.165, 1.54) is 0 Å². The maximum absolute atomic E-state index is 12.9. The van der Waals surface area contributed by atoms with Gasteiger partial charge in [0.1, 0.15) is 0 Å². The van der Waals surface area contributed by atoms with Gasteiger partial charge >= 0.3 is 6.18 Å². The van der Waals surface area contributed by atoms with Gasteiger partial charge in [-0.15, -0.1) is 11.3 Å². The van der Waals surface area contributed by atoms with Crippen molar-refractivity contribution in [2.45, 2.75) is 51.4 Å². The molecule has 26 heavy (non-hydrogen) atoms. The second-order valence-electron chi connectivity index (χ2n) is 7.57. The number of anilines is 1. The number of hydrogen-bond acceptors (Lipinski definition) is 5. The minimum Gasteiger partial charge on any atom is -0.384 e. The van der Waals surface area contributed by atoms with Gasteiger partial charge < -0.3 is 15.0 Å². The van der Waals surface area contributed by atoms with E-state index in [4.69, 9.17) is 4.74 Å². The topological polar surface area (TPSA) is 54.5 Å². The van der Waals surface area contributed by atoms with Crippen LogP contribution in [0.5, 0.6) is 0 Å². The minimum absolute atomic E-state index is 0.0155. The summed E-state index contributed by atoms with van der Waals surface area (Å²) in [6, 6.07) is 0.0953. The van der Waals surface area contributed by atoms with Crippen LogP contribution in [0.15, 0.2) is 5.38 Å². The molecule has 1 amide bonds. The highest BCUT2D eigenvalue weighted by Gasteiger charge is 2.60. The molecule has 146 valence electrons. The molecule has 9 heteroatoms. The molecular formula is C17H24F3N3O2S. The summed E-state index contributed by atoms with van der Waals surface area (Å²) >= 11 is 1.04. The summed E-state index contributed by atoms with van der Waals surface area (Å²) < 4.78 is 43.6. The predicted molar refractivity (Wildman–Crippen MR) is 93.2 cm³/mol. The molecule has 1 saturated heterocycles. The molecule has 1 saturated carbocycles. The molecule has 5 nitrogen and oxygen atoms in total. The van der Waals surface area contributed by atoms with E-state index in [1.807, 2.05) is 4.90 Å². The number of methoxy groups -OCH3 is 1. The third-order valence-electron chi connectivity index (χ3n) is 5.55. The van der Waals surface area contributed by atoms with Crippen molar-refractivity contribution >= 4 is 22.4 Å². The Labute approximate surface area is 154 Å². The number of nitrogens with zero attached hydrogens (tertiary/aromatic N) is 2. The summed E-state index contributed by atoms with van der Waals surface area (Å²) in [7, 11) is 1.55. The highest BCUT2D eigenvalue weighted by Crippen LogP contribution is 2.53. The lowest BCUT2D eigenvalue weighted by molar-refractivity contribution is -0.140. The zero-order chi connectivity index (χ0) is 19.1. The van der Waals surface area contributed by atoms with E-state index in [2.05, 4.69) is 24.1 Å². The SMILES string of the molecule is COCCC(=O)NC1C2CCCN(c3nc(C(F)(F)F)cs3)C2C1(C)C. The number of thiazole rings is 1. The molecule has 2 fully saturated rings. The van der Waals surface area contributed by atoms with Gasteiger partial charge in [0.25, 0.3) is 0 Å². The summed E-state index contributed by atoms with van der Waals surface area (Å²) in [5, 5.41) is 4.60. The van der Waals surface area contributed by atoms with E-state index in [0.29, 0.717) is 24.7 Å². The number of amides is 1. The number of ether oxygens (including phenoxy) is 1. The van der Waals surface area contributed by atoms with E-state index >= 15 is 0 Å². The summed E-state index contributed by atoms with van der Waals surface area (Å²) in [6.45, 7) is 5.19. The van der Waals surface area contributed by atoms with Gasteiger partial charge in [-0.05, 0) is 12.8 Å². The third kappa shape index (κ3) is 3.43. The molecule has 2 aliphatic rings. The van der Waals surface area contributed by atoms with Crippen LogP contribution >= 0.6 is 11.3 Å². The van der Waals surface area contributed by atoms with Crippen molar-refractivity contribution in [2.24, 2.45) is 11.3 Å². The second kappa shape index (κ2) is 6.99. The lowest BCUT2D eigenvalue weighted by atomic mass is 9.52. The van der Waals surface area contributed by atoms with Crippen molar-refractivity contribution in [1.82, 2.24) is 10.3 Å². The van der Waals surface area contributed by atoms with Gasteiger partial charge in [0.15, 0.2) is 10.8 Å². The average Bonchev–Trinajstić information content (AvgIpc) is 3.07. The third-order valence-corrected chi connectivity index (χ3v) is 6.43. The van der Waals surface area contributed by atoms with Crippen LogP contribution in [0.3, 0.4) is 0 Å². The molecule has 1 aliphatic carbocycles. The Bertz CT molecular complexity index is 662. The monoisotopic (exact) mass is 391 g/mol. The fourth-order valence-corrected chi connectivity index (χ4v) is 5.31. The first-order valence-electron chi connectivity index (χ1n) is 8.74. The number of alkyl halides is 3. The molecule has 0 bridgehead atoms. The lowest BCUT2D eigenvalue weighted by Gasteiger charge is -2.64. The molecule has 1 N–H and O–H groups in total. The molecule has 3 unspecified atom stereocenters. The first-order chi connectivity index (χ1) is 12.2. The predicted octanol–water partition coefficient (Wildman–Crippen LogP) is 3.31. The first kappa shape index (κ1) is 19.4. The summed E-state index contributed by atoms with van der Waals surface area (Å²) in [6.07, 6.45) is -2.28. The summed E-state index contributed by atoms with van der Waals surface area (Å²) in [4.78, 5) is 17.9. The van der Waals surface area contributed by atoms with Crippen molar-refractivity contribution < 1.29 is 22.7 Å². The van der Waals surface area contributed by atoms with Crippen LogP contribution in [0.4, 0.5) is 18.3 Å². The van der Waals surface area contributed by atoms with Crippen LogP contribution in [0, 0.1) is 11.3 Å². The Morgan fingerprint density at radius 2 is 2.23 bits per heavy atom. The van der Waals surface area contributed by atoms with Gasteiger partial charge in [-0.25, -0.2) is 4.98 Å².